The quantitative estimate of drug-likeness (QED) is 0.534. The van der Waals surface area contributed by atoms with Gasteiger partial charge in [-0.3, -0.25) is 14.9 Å². The van der Waals surface area contributed by atoms with Gasteiger partial charge < -0.3 is 10.6 Å². The number of nitrogens with two attached hydrogens (primary N) is 1. The molecule has 0 heterocycles. The van der Waals surface area contributed by atoms with E-state index in [9.17, 15) is 19.3 Å². The fraction of sp³-hybridized carbons (Fsp3) is 0.0714. The number of carbonyl (C=O) groups is 1. The van der Waals surface area contributed by atoms with Gasteiger partial charge in [-0.15, -0.1) is 0 Å². The van der Waals surface area contributed by atoms with Crippen LogP contribution < -0.4 is 10.6 Å². The fourth-order valence-corrected chi connectivity index (χ4v) is 1.90. The molecule has 7 heteroatoms. The molecule has 0 unspecified atom stereocenters. The molecule has 0 atom stereocenters. The van der Waals surface area contributed by atoms with Crippen molar-refractivity contribution in [2.24, 2.45) is 0 Å². The Bertz CT molecular complexity index is 701. The molecule has 0 aromatic heterocycles. The average Bonchev–Trinajstić information content (AvgIpc) is 2.46. The highest BCUT2D eigenvalue weighted by Crippen LogP contribution is 2.28. The second kappa shape index (κ2) is 5.58. The molecular formula is C14H12FN3O3. The summed E-state index contributed by atoms with van der Waals surface area (Å²) >= 11 is 0. The number of nitro benzene ring substituents is 1. The molecule has 6 nitrogen and oxygen atoms in total. The number of nitrogen functional groups attached to an aromatic ring is 1. The Labute approximate surface area is 119 Å². The van der Waals surface area contributed by atoms with Gasteiger partial charge in [-0.1, -0.05) is 6.07 Å². The monoisotopic (exact) mass is 289 g/mol. The van der Waals surface area contributed by atoms with Gasteiger partial charge in [0.15, 0.2) is 0 Å². The van der Waals surface area contributed by atoms with Gasteiger partial charge in [0.05, 0.1) is 4.92 Å². The van der Waals surface area contributed by atoms with Crippen molar-refractivity contribution in [3.63, 3.8) is 0 Å². The van der Waals surface area contributed by atoms with Crippen molar-refractivity contribution >= 4 is 23.0 Å². The summed E-state index contributed by atoms with van der Waals surface area (Å²) in [4.78, 5) is 23.9. The molecule has 0 aliphatic rings. The lowest BCUT2D eigenvalue weighted by molar-refractivity contribution is -0.384. The van der Waals surface area contributed by atoms with E-state index in [4.69, 9.17) is 5.73 Å². The SMILES string of the molecule is CN(C(=O)c1cccc(N)c1[N+](=O)[O-])c1ccc(F)cc1. The van der Waals surface area contributed by atoms with E-state index in [0.29, 0.717) is 5.69 Å². The van der Waals surface area contributed by atoms with Crippen LogP contribution in [0.1, 0.15) is 10.4 Å². The van der Waals surface area contributed by atoms with Crippen LogP contribution in [-0.2, 0) is 0 Å². The van der Waals surface area contributed by atoms with Gasteiger partial charge in [-0.2, -0.15) is 0 Å². The van der Waals surface area contributed by atoms with E-state index in [1.165, 1.54) is 54.4 Å². The number of anilines is 2. The standard InChI is InChI=1S/C14H12FN3O3/c1-17(10-7-5-9(15)6-8-10)14(19)11-3-2-4-12(16)13(11)18(20)21/h2-8H,16H2,1H3. The van der Waals surface area contributed by atoms with Crippen LogP contribution in [0.5, 0.6) is 0 Å². The number of hydrogen-bond donors (Lipinski definition) is 1. The second-order valence-electron chi connectivity index (χ2n) is 4.34. The lowest BCUT2D eigenvalue weighted by atomic mass is 10.1. The summed E-state index contributed by atoms with van der Waals surface area (Å²) < 4.78 is 12.9. The summed E-state index contributed by atoms with van der Waals surface area (Å²) in [5, 5.41) is 11.1. The molecule has 0 aliphatic heterocycles. The van der Waals surface area contributed by atoms with Gasteiger partial charge in [0.1, 0.15) is 17.1 Å². The molecule has 0 saturated carbocycles. The van der Waals surface area contributed by atoms with Gasteiger partial charge in [0.2, 0.25) is 0 Å². The van der Waals surface area contributed by atoms with Crippen molar-refractivity contribution in [3.8, 4) is 0 Å². The summed E-state index contributed by atoms with van der Waals surface area (Å²) in [6.45, 7) is 0. The predicted octanol–water partition coefficient (Wildman–Crippen LogP) is 2.59. The molecule has 1 amide bonds. The molecule has 0 fully saturated rings. The van der Waals surface area contributed by atoms with E-state index in [-0.39, 0.29) is 11.3 Å². The lowest BCUT2D eigenvalue weighted by Crippen LogP contribution is -2.27. The number of benzene rings is 2. The molecule has 2 N–H and O–H groups in total. The Morgan fingerprint density at radius 2 is 1.86 bits per heavy atom. The van der Waals surface area contributed by atoms with Crippen molar-refractivity contribution in [1.29, 1.82) is 0 Å². The third-order valence-electron chi connectivity index (χ3n) is 3.00. The summed E-state index contributed by atoms with van der Waals surface area (Å²) in [6.07, 6.45) is 0. The maximum Gasteiger partial charge on any atom is 0.304 e. The predicted molar refractivity (Wildman–Crippen MR) is 76.6 cm³/mol. The Balaban J connectivity index is 2.43. The van der Waals surface area contributed by atoms with E-state index in [1.54, 1.807) is 0 Å². The third-order valence-corrected chi connectivity index (χ3v) is 3.00. The molecule has 2 aromatic carbocycles. The molecule has 0 spiro atoms. The van der Waals surface area contributed by atoms with Crippen LogP contribution in [0.2, 0.25) is 0 Å². The molecule has 0 aliphatic carbocycles. The van der Waals surface area contributed by atoms with Crippen molar-refractivity contribution in [2.75, 3.05) is 17.7 Å². The number of nitrogens with zero attached hydrogens (tertiary/aromatic N) is 2. The molecule has 21 heavy (non-hydrogen) atoms. The Kier molecular flexibility index (Phi) is 3.84. The zero-order chi connectivity index (χ0) is 15.6. The highest BCUT2D eigenvalue weighted by Gasteiger charge is 2.25. The van der Waals surface area contributed by atoms with Crippen molar-refractivity contribution in [2.45, 2.75) is 0 Å². The number of amides is 1. The minimum absolute atomic E-state index is 0.0849. The third kappa shape index (κ3) is 2.81. The zero-order valence-corrected chi connectivity index (χ0v) is 11.1. The molecule has 2 aromatic rings. The van der Waals surface area contributed by atoms with Crippen LogP contribution in [0.4, 0.5) is 21.5 Å². The van der Waals surface area contributed by atoms with Crippen LogP contribution in [0.15, 0.2) is 42.5 Å². The molecule has 108 valence electrons. The van der Waals surface area contributed by atoms with Gasteiger partial charge in [0.25, 0.3) is 5.91 Å². The maximum absolute atomic E-state index is 12.9. The van der Waals surface area contributed by atoms with Crippen molar-refractivity contribution < 1.29 is 14.1 Å². The number of para-hydroxylation sites is 1. The highest BCUT2D eigenvalue weighted by atomic mass is 19.1. The van der Waals surface area contributed by atoms with Crippen LogP contribution in [0, 0.1) is 15.9 Å². The van der Waals surface area contributed by atoms with Crippen LogP contribution in [0.25, 0.3) is 0 Å². The van der Waals surface area contributed by atoms with E-state index in [2.05, 4.69) is 0 Å². The van der Waals surface area contributed by atoms with Gasteiger partial charge in [0, 0.05) is 12.7 Å². The smallest absolute Gasteiger partial charge is 0.304 e. The first kappa shape index (κ1) is 14.4. The van der Waals surface area contributed by atoms with Gasteiger partial charge in [-0.05, 0) is 36.4 Å². The second-order valence-corrected chi connectivity index (χ2v) is 4.34. The van der Waals surface area contributed by atoms with Gasteiger partial charge >= 0.3 is 5.69 Å². The lowest BCUT2D eigenvalue weighted by Gasteiger charge is -2.17. The Morgan fingerprint density at radius 3 is 2.43 bits per heavy atom. The molecule has 2 rings (SSSR count). The average molecular weight is 289 g/mol. The van der Waals surface area contributed by atoms with Crippen molar-refractivity contribution in [3.05, 3.63) is 64.0 Å². The number of hydrogen-bond acceptors (Lipinski definition) is 4. The van der Waals surface area contributed by atoms with Gasteiger partial charge in [-0.25, -0.2) is 4.39 Å². The van der Waals surface area contributed by atoms with E-state index >= 15 is 0 Å². The number of carbonyl (C=O) groups excluding carboxylic acids is 1. The first-order chi connectivity index (χ1) is 9.91. The molecule has 0 radical (unpaired) electrons. The summed E-state index contributed by atoms with van der Waals surface area (Å²) in [7, 11) is 1.45. The first-order valence-corrected chi connectivity index (χ1v) is 5.98. The first-order valence-electron chi connectivity index (χ1n) is 5.98. The zero-order valence-electron chi connectivity index (χ0n) is 11.1. The minimum Gasteiger partial charge on any atom is -0.393 e. The summed E-state index contributed by atoms with van der Waals surface area (Å²) in [5.74, 6) is -1.03. The summed E-state index contributed by atoms with van der Waals surface area (Å²) in [6, 6.07) is 9.37. The number of rotatable bonds is 3. The highest BCUT2D eigenvalue weighted by molar-refractivity contribution is 6.09. The van der Waals surface area contributed by atoms with Crippen LogP contribution >= 0.6 is 0 Å². The minimum atomic E-state index is -0.693. The molecular weight excluding hydrogens is 277 g/mol. The van der Waals surface area contributed by atoms with E-state index in [0.717, 1.165) is 0 Å². The Hall–Kier alpha value is -2.96. The largest absolute Gasteiger partial charge is 0.393 e. The van der Waals surface area contributed by atoms with Crippen molar-refractivity contribution in [1.82, 2.24) is 0 Å². The normalized spacial score (nSPS) is 10.2. The van der Waals surface area contributed by atoms with Crippen LogP contribution in [-0.4, -0.2) is 17.9 Å². The fourth-order valence-electron chi connectivity index (χ4n) is 1.90. The maximum atomic E-state index is 12.9. The topological polar surface area (TPSA) is 89.5 Å². The molecule has 0 saturated heterocycles. The number of nitro groups is 1. The van der Waals surface area contributed by atoms with E-state index in [1.807, 2.05) is 0 Å². The van der Waals surface area contributed by atoms with Crippen LogP contribution in [0.3, 0.4) is 0 Å². The van der Waals surface area contributed by atoms with E-state index < -0.39 is 22.3 Å². The Morgan fingerprint density at radius 1 is 1.24 bits per heavy atom. The molecule has 0 bridgehead atoms. The summed E-state index contributed by atoms with van der Waals surface area (Å²) in [5.41, 5.74) is 5.33. The number of halogens is 1.